The van der Waals surface area contributed by atoms with E-state index in [1.807, 2.05) is 0 Å². The van der Waals surface area contributed by atoms with Gasteiger partial charge in [-0.3, -0.25) is 10.1 Å². The van der Waals surface area contributed by atoms with Crippen LogP contribution < -0.4 is 0 Å². The van der Waals surface area contributed by atoms with E-state index in [0.717, 1.165) is 0 Å². The van der Waals surface area contributed by atoms with Crippen molar-refractivity contribution in [2.24, 2.45) is 0 Å². The second kappa shape index (κ2) is 3.40. The molecule has 0 rings (SSSR count). The van der Waals surface area contributed by atoms with Crippen LogP contribution in [-0.2, 0) is 4.74 Å². The Morgan fingerprint density at radius 2 is 2.00 bits per heavy atom. The Bertz CT molecular complexity index is 104. The third kappa shape index (κ3) is 2.41. The average molecular weight is 133 g/mol. The molecule has 0 fully saturated rings. The molecule has 0 aliphatic heterocycles. The standard InChI is InChI=1S/C5H11NO3/c1-4(6(7)8)5(2)9-3/h4-5H,1-3H3/t4-,5+/m0/s1. The maximum Gasteiger partial charge on any atom is 0.235 e. The maximum atomic E-state index is 10.0. The monoisotopic (exact) mass is 133 g/mol. The molecule has 0 radical (unpaired) electrons. The van der Waals surface area contributed by atoms with Gasteiger partial charge in [0.25, 0.3) is 0 Å². The molecular weight excluding hydrogens is 122 g/mol. The van der Waals surface area contributed by atoms with Crippen molar-refractivity contribution < 1.29 is 9.66 Å². The molecule has 54 valence electrons. The van der Waals surface area contributed by atoms with Crippen molar-refractivity contribution in [1.29, 1.82) is 0 Å². The van der Waals surface area contributed by atoms with Gasteiger partial charge in [0, 0.05) is 19.0 Å². The first-order valence-corrected chi connectivity index (χ1v) is 2.76. The highest BCUT2D eigenvalue weighted by Gasteiger charge is 2.20. The fourth-order valence-electron chi connectivity index (χ4n) is 0.368. The lowest BCUT2D eigenvalue weighted by atomic mass is 10.2. The minimum atomic E-state index is -0.616. The fraction of sp³-hybridized carbons (Fsp3) is 1.00. The van der Waals surface area contributed by atoms with Crippen LogP contribution >= 0.6 is 0 Å². The van der Waals surface area contributed by atoms with E-state index in [1.165, 1.54) is 14.0 Å². The van der Waals surface area contributed by atoms with E-state index in [2.05, 4.69) is 0 Å². The van der Waals surface area contributed by atoms with E-state index in [0.29, 0.717) is 0 Å². The van der Waals surface area contributed by atoms with Gasteiger partial charge < -0.3 is 4.74 Å². The number of ether oxygens (including phenoxy) is 1. The highest BCUT2D eigenvalue weighted by molar-refractivity contribution is 4.56. The van der Waals surface area contributed by atoms with E-state index >= 15 is 0 Å². The molecule has 4 heteroatoms. The maximum absolute atomic E-state index is 10.0. The lowest BCUT2D eigenvalue weighted by molar-refractivity contribution is -0.529. The minimum absolute atomic E-state index is 0.306. The normalized spacial score (nSPS) is 16.8. The van der Waals surface area contributed by atoms with Gasteiger partial charge in [-0.1, -0.05) is 0 Å². The van der Waals surface area contributed by atoms with Crippen molar-refractivity contribution in [3.8, 4) is 0 Å². The van der Waals surface area contributed by atoms with Gasteiger partial charge in [-0.2, -0.15) is 0 Å². The number of rotatable bonds is 3. The average Bonchev–Trinajstić information content (AvgIpc) is 1.84. The molecule has 4 nitrogen and oxygen atoms in total. The van der Waals surface area contributed by atoms with E-state index in [1.54, 1.807) is 6.92 Å². The summed E-state index contributed by atoms with van der Waals surface area (Å²) in [5.74, 6) is 0. The number of hydrogen-bond donors (Lipinski definition) is 0. The molecule has 0 unspecified atom stereocenters. The summed E-state index contributed by atoms with van der Waals surface area (Å²) in [5.41, 5.74) is 0. The molecule has 0 aromatic rings. The minimum Gasteiger partial charge on any atom is -0.375 e. The molecule has 0 aliphatic rings. The van der Waals surface area contributed by atoms with Gasteiger partial charge in [0.2, 0.25) is 6.04 Å². The zero-order valence-electron chi connectivity index (χ0n) is 5.83. The molecule has 0 saturated carbocycles. The first kappa shape index (κ1) is 8.36. The van der Waals surface area contributed by atoms with Crippen molar-refractivity contribution in [3.63, 3.8) is 0 Å². The fourth-order valence-corrected chi connectivity index (χ4v) is 0.368. The highest BCUT2D eigenvalue weighted by atomic mass is 16.6. The molecule has 9 heavy (non-hydrogen) atoms. The predicted octanol–water partition coefficient (Wildman–Crippen LogP) is 0.686. The van der Waals surface area contributed by atoms with Gasteiger partial charge in [-0.15, -0.1) is 0 Å². The number of nitro groups is 1. The van der Waals surface area contributed by atoms with Crippen molar-refractivity contribution in [1.82, 2.24) is 0 Å². The molecule has 2 atom stereocenters. The van der Waals surface area contributed by atoms with E-state index in [9.17, 15) is 10.1 Å². The SMILES string of the molecule is CO[C@H](C)[C@H](C)[N+](=O)[O-]. The first-order valence-electron chi connectivity index (χ1n) is 2.76. The largest absolute Gasteiger partial charge is 0.375 e. The van der Waals surface area contributed by atoms with E-state index in [-0.39, 0.29) is 11.0 Å². The van der Waals surface area contributed by atoms with Crippen LogP contribution in [0.5, 0.6) is 0 Å². The molecule has 0 spiro atoms. The summed E-state index contributed by atoms with van der Waals surface area (Å²) in [4.78, 5) is 9.67. The van der Waals surface area contributed by atoms with Crippen molar-refractivity contribution >= 4 is 0 Å². The molecule has 0 amide bonds. The molecule has 0 aromatic carbocycles. The smallest absolute Gasteiger partial charge is 0.235 e. The Labute approximate surface area is 54.0 Å². The Morgan fingerprint density at radius 1 is 1.56 bits per heavy atom. The molecule has 0 heterocycles. The summed E-state index contributed by atoms with van der Waals surface area (Å²) in [6.45, 7) is 3.20. The second-order valence-corrected chi connectivity index (χ2v) is 1.97. The number of hydrogen-bond acceptors (Lipinski definition) is 3. The van der Waals surface area contributed by atoms with Crippen molar-refractivity contribution in [2.45, 2.75) is 26.0 Å². The summed E-state index contributed by atoms with van der Waals surface area (Å²) in [7, 11) is 1.46. The molecular formula is C5H11NO3. The van der Waals surface area contributed by atoms with Gasteiger partial charge in [0.1, 0.15) is 6.10 Å². The molecule has 0 saturated heterocycles. The Balaban J connectivity index is 3.72. The summed E-state index contributed by atoms with van der Waals surface area (Å²) >= 11 is 0. The number of nitrogens with zero attached hydrogens (tertiary/aromatic N) is 1. The van der Waals surface area contributed by atoms with Crippen LogP contribution in [0.25, 0.3) is 0 Å². The van der Waals surface area contributed by atoms with Gasteiger partial charge in [0.05, 0.1) is 0 Å². The summed E-state index contributed by atoms with van der Waals surface area (Å²) in [5, 5.41) is 10.0. The number of methoxy groups -OCH3 is 1. The lowest BCUT2D eigenvalue weighted by Gasteiger charge is -2.09. The third-order valence-electron chi connectivity index (χ3n) is 1.38. The van der Waals surface area contributed by atoms with Gasteiger partial charge in [0.15, 0.2) is 0 Å². The topological polar surface area (TPSA) is 52.4 Å². The van der Waals surface area contributed by atoms with Crippen LogP contribution in [0.2, 0.25) is 0 Å². The van der Waals surface area contributed by atoms with Gasteiger partial charge in [-0.25, -0.2) is 0 Å². The Kier molecular flexibility index (Phi) is 3.16. The second-order valence-electron chi connectivity index (χ2n) is 1.97. The summed E-state index contributed by atoms with van der Waals surface area (Å²) < 4.78 is 4.73. The Morgan fingerprint density at radius 3 is 2.11 bits per heavy atom. The quantitative estimate of drug-likeness (QED) is 0.420. The molecule has 0 bridgehead atoms. The van der Waals surface area contributed by atoms with Gasteiger partial charge in [-0.05, 0) is 6.92 Å². The van der Waals surface area contributed by atoms with Gasteiger partial charge >= 0.3 is 0 Å². The van der Waals surface area contributed by atoms with Crippen LogP contribution in [0, 0.1) is 10.1 Å². The van der Waals surface area contributed by atoms with Crippen LogP contribution in [0.1, 0.15) is 13.8 Å². The van der Waals surface area contributed by atoms with E-state index < -0.39 is 6.04 Å². The summed E-state index contributed by atoms with van der Waals surface area (Å²) in [6, 6.07) is -0.616. The van der Waals surface area contributed by atoms with Crippen molar-refractivity contribution in [2.75, 3.05) is 7.11 Å². The van der Waals surface area contributed by atoms with Crippen LogP contribution in [0.15, 0.2) is 0 Å². The zero-order valence-corrected chi connectivity index (χ0v) is 5.83. The summed E-state index contributed by atoms with van der Waals surface area (Å²) in [6.07, 6.45) is -0.306. The lowest BCUT2D eigenvalue weighted by Crippen LogP contribution is -2.29. The van der Waals surface area contributed by atoms with Crippen molar-refractivity contribution in [3.05, 3.63) is 10.1 Å². The first-order chi connectivity index (χ1) is 4.09. The zero-order chi connectivity index (χ0) is 7.44. The van der Waals surface area contributed by atoms with Crippen LogP contribution in [-0.4, -0.2) is 24.2 Å². The van der Waals surface area contributed by atoms with E-state index in [4.69, 9.17) is 4.74 Å². The Hall–Kier alpha value is -0.640. The molecule has 0 N–H and O–H groups in total. The molecule has 0 aromatic heterocycles. The van der Waals surface area contributed by atoms with Crippen LogP contribution in [0.3, 0.4) is 0 Å². The third-order valence-corrected chi connectivity index (χ3v) is 1.38. The highest BCUT2D eigenvalue weighted by Crippen LogP contribution is 1.98. The predicted molar refractivity (Wildman–Crippen MR) is 32.9 cm³/mol. The molecule has 0 aliphatic carbocycles. The van der Waals surface area contributed by atoms with Crippen LogP contribution in [0.4, 0.5) is 0 Å².